The van der Waals surface area contributed by atoms with Crippen LogP contribution in [-0.4, -0.2) is 5.60 Å². The van der Waals surface area contributed by atoms with Crippen molar-refractivity contribution in [1.29, 1.82) is 0 Å². The lowest BCUT2D eigenvalue weighted by atomic mass is 9.90. The van der Waals surface area contributed by atoms with E-state index in [9.17, 15) is 0 Å². The fraction of sp³-hybridized carbons (Fsp3) is 0.500. The molecule has 0 radical (unpaired) electrons. The Morgan fingerprint density at radius 3 is 2.85 bits per heavy atom. The van der Waals surface area contributed by atoms with Gasteiger partial charge in [0.1, 0.15) is 0 Å². The van der Waals surface area contributed by atoms with Gasteiger partial charge in [0.2, 0.25) is 0 Å². The molecule has 0 saturated carbocycles. The van der Waals surface area contributed by atoms with Crippen LogP contribution in [0.1, 0.15) is 30.5 Å². The maximum Gasteiger partial charge on any atom is 0.0729 e. The molecule has 0 fully saturated rings. The van der Waals surface area contributed by atoms with Crippen molar-refractivity contribution in [2.45, 2.75) is 39.4 Å². The van der Waals surface area contributed by atoms with Gasteiger partial charge in [0.05, 0.1) is 12.2 Å². The molecule has 1 heteroatoms. The maximum absolute atomic E-state index is 5.77. The van der Waals surface area contributed by atoms with E-state index < -0.39 is 0 Å². The molecule has 0 aliphatic carbocycles. The number of fused-ring (bicyclic) bond motifs is 1. The quantitative estimate of drug-likeness (QED) is 0.590. The molecule has 0 spiro atoms. The molecular formula is C12H16O. The van der Waals surface area contributed by atoms with Gasteiger partial charge in [-0.25, -0.2) is 0 Å². The molecule has 70 valence electrons. The molecule has 1 aliphatic heterocycles. The first-order chi connectivity index (χ1) is 6.08. The van der Waals surface area contributed by atoms with Crippen LogP contribution in [0.2, 0.25) is 0 Å². The van der Waals surface area contributed by atoms with E-state index in [1.54, 1.807) is 0 Å². The van der Waals surface area contributed by atoms with Crippen molar-refractivity contribution in [1.82, 2.24) is 0 Å². The molecule has 1 aromatic rings. The summed E-state index contributed by atoms with van der Waals surface area (Å²) in [5.74, 6) is 0. The second-order valence-electron chi connectivity index (χ2n) is 4.44. The molecule has 13 heavy (non-hydrogen) atoms. The summed E-state index contributed by atoms with van der Waals surface area (Å²) >= 11 is 0. The van der Waals surface area contributed by atoms with Crippen LogP contribution in [0.25, 0.3) is 0 Å². The van der Waals surface area contributed by atoms with Gasteiger partial charge in [-0.3, -0.25) is 0 Å². The van der Waals surface area contributed by atoms with Gasteiger partial charge in [-0.1, -0.05) is 18.2 Å². The Morgan fingerprint density at radius 1 is 1.31 bits per heavy atom. The number of hydrogen-bond acceptors (Lipinski definition) is 1. The molecule has 2 rings (SSSR count). The molecule has 1 aliphatic rings. The van der Waals surface area contributed by atoms with E-state index in [-0.39, 0.29) is 5.60 Å². The number of hydrogen-bond donors (Lipinski definition) is 0. The second kappa shape index (κ2) is 2.85. The summed E-state index contributed by atoms with van der Waals surface area (Å²) in [6.07, 6.45) is 1.03. The van der Waals surface area contributed by atoms with Crippen molar-refractivity contribution in [3.63, 3.8) is 0 Å². The smallest absolute Gasteiger partial charge is 0.0729 e. The van der Waals surface area contributed by atoms with Gasteiger partial charge in [0.15, 0.2) is 0 Å². The van der Waals surface area contributed by atoms with Gasteiger partial charge < -0.3 is 4.74 Å². The summed E-state index contributed by atoms with van der Waals surface area (Å²) in [6.45, 7) is 7.23. The zero-order chi connectivity index (χ0) is 9.47. The van der Waals surface area contributed by atoms with Crippen LogP contribution in [0.4, 0.5) is 0 Å². The van der Waals surface area contributed by atoms with E-state index in [1.165, 1.54) is 16.7 Å². The van der Waals surface area contributed by atoms with E-state index in [0.717, 1.165) is 13.0 Å². The SMILES string of the molecule is Cc1cccc2c1COC(C)(C)C2. The van der Waals surface area contributed by atoms with E-state index in [2.05, 4.69) is 39.0 Å². The normalized spacial score (nSPS) is 19.6. The van der Waals surface area contributed by atoms with E-state index in [4.69, 9.17) is 4.74 Å². The first kappa shape index (κ1) is 8.76. The Morgan fingerprint density at radius 2 is 2.08 bits per heavy atom. The number of rotatable bonds is 0. The van der Waals surface area contributed by atoms with Crippen molar-refractivity contribution in [3.8, 4) is 0 Å². The first-order valence-corrected chi connectivity index (χ1v) is 4.80. The summed E-state index contributed by atoms with van der Waals surface area (Å²) in [7, 11) is 0. The van der Waals surface area contributed by atoms with E-state index >= 15 is 0 Å². The molecule has 0 amide bonds. The first-order valence-electron chi connectivity index (χ1n) is 4.80. The summed E-state index contributed by atoms with van der Waals surface area (Å²) in [5.41, 5.74) is 4.21. The average molecular weight is 176 g/mol. The molecule has 0 atom stereocenters. The zero-order valence-electron chi connectivity index (χ0n) is 8.55. The molecule has 0 bridgehead atoms. The van der Waals surface area contributed by atoms with Crippen molar-refractivity contribution in [2.75, 3.05) is 0 Å². The Hall–Kier alpha value is -0.820. The van der Waals surface area contributed by atoms with Crippen LogP contribution in [0.15, 0.2) is 18.2 Å². The Kier molecular flexibility index (Phi) is 1.92. The molecule has 1 aromatic carbocycles. The van der Waals surface area contributed by atoms with Crippen LogP contribution in [-0.2, 0) is 17.8 Å². The third-order valence-electron chi connectivity index (χ3n) is 2.73. The van der Waals surface area contributed by atoms with Crippen LogP contribution in [0.3, 0.4) is 0 Å². The predicted octanol–water partition coefficient (Wildman–Crippen LogP) is 2.85. The lowest BCUT2D eigenvalue weighted by molar-refractivity contribution is -0.0403. The highest BCUT2D eigenvalue weighted by atomic mass is 16.5. The highest BCUT2D eigenvalue weighted by Crippen LogP contribution is 2.29. The minimum absolute atomic E-state index is 0.0147. The maximum atomic E-state index is 5.77. The molecule has 1 heterocycles. The third-order valence-corrected chi connectivity index (χ3v) is 2.73. The second-order valence-corrected chi connectivity index (χ2v) is 4.44. The molecule has 1 nitrogen and oxygen atoms in total. The van der Waals surface area contributed by atoms with E-state index in [0.29, 0.717) is 0 Å². The summed E-state index contributed by atoms with van der Waals surface area (Å²) in [5, 5.41) is 0. The van der Waals surface area contributed by atoms with Crippen molar-refractivity contribution >= 4 is 0 Å². The van der Waals surface area contributed by atoms with Crippen LogP contribution in [0, 0.1) is 6.92 Å². The fourth-order valence-corrected chi connectivity index (χ4v) is 1.91. The topological polar surface area (TPSA) is 9.23 Å². The van der Waals surface area contributed by atoms with Gasteiger partial charge in [0.25, 0.3) is 0 Å². The largest absolute Gasteiger partial charge is 0.371 e. The number of aryl methyl sites for hydroxylation is 1. The van der Waals surface area contributed by atoms with Crippen LogP contribution >= 0.6 is 0 Å². The minimum Gasteiger partial charge on any atom is -0.371 e. The predicted molar refractivity (Wildman–Crippen MR) is 53.8 cm³/mol. The van der Waals surface area contributed by atoms with E-state index in [1.807, 2.05) is 0 Å². The average Bonchev–Trinajstić information content (AvgIpc) is 2.02. The molecule has 0 N–H and O–H groups in total. The Balaban J connectivity index is 2.42. The highest BCUT2D eigenvalue weighted by molar-refractivity contribution is 5.36. The van der Waals surface area contributed by atoms with Crippen molar-refractivity contribution in [2.24, 2.45) is 0 Å². The molecule has 0 unspecified atom stereocenters. The van der Waals surface area contributed by atoms with Crippen LogP contribution in [0.5, 0.6) is 0 Å². The van der Waals surface area contributed by atoms with Crippen molar-refractivity contribution in [3.05, 3.63) is 34.9 Å². The molecule has 0 saturated heterocycles. The monoisotopic (exact) mass is 176 g/mol. The standard InChI is InChI=1S/C12H16O/c1-9-5-4-6-10-7-12(2,3)13-8-11(9)10/h4-6H,7-8H2,1-3H3. The van der Waals surface area contributed by atoms with Gasteiger partial charge in [0, 0.05) is 6.42 Å². The Labute approximate surface area is 79.7 Å². The summed E-state index contributed by atoms with van der Waals surface area (Å²) < 4.78 is 5.77. The van der Waals surface area contributed by atoms with Gasteiger partial charge in [-0.05, 0) is 37.5 Å². The lowest BCUT2D eigenvalue weighted by Gasteiger charge is -2.32. The zero-order valence-corrected chi connectivity index (χ0v) is 8.55. The highest BCUT2D eigenvalue weighted by Gasteiger charge is 2.26. The minimum atomic E-state index is 0.0147. The Bertz CT molecular complexity index is 326. The fourth-order valence-electron chi connectivity index (χ4n) is 1.91. The number of ether oxygens (including phenoxy) is 1. The molecule has 0 aromatic heterocycles. The van der Waals surface area contributed by atoms with Crippen molar-refractivity contribution < 1.29 is 4.74 Å². The van der Waals surface area contributed by atoms with Gasteiger partial charge in [-0.2, -0.15) is 0 Å². The van der Waals surface area contributed by atoms with Gasteiger partial charge >= 0.3 is 0 Å². The lowest BCUT2D eigenvalue weighted by Crippen LogP contribution is -2.32. The molecular weight excluding hydrogens is 160 g/mol. The third kappa shape index (κ3) is 1.61. The summed E-state index contributed by atoms with van der Waals surface area (Å²) in [6, 6.07) is 6.50. The van der Waals surface area contributed by atoms with Crippen LogP contribution < -0.4 is 0 Å². The summed E-state index contributed by atoms with van der Waals surface area (Å²) in [4.78, 5) is 0. The van der Waals surface area contributed by atoms with Gasteiger partial charge in [-0.15, -0.1) is 0 Å². The number of benzene rings is 1.